The van der Waals surface area contributed by atoms with Crippen LogP contribution in [0.15, 0.2) is 24.3 Å². The minimum atomic E-state index is -1.29. The van der Waals surface area contributed by atoms with Gasteiger partial charge in [0.1, 0.15) is 46.1 Å². The number of hydrogen-bond donors (Lipinski definition) is 7. The van der Waals surface area contributed by atoms with Gasteiger partial charge in [-0.25, -0.2) is 24.0 Å². The molecule has 0 bridgehead atoms. The number of unbranched alkanes of at least 4 members (excludes halogenated alkanes) is 6. The Morgan fingerprint density at radius 3 is 1.38 bits per heavy atom. The van der Waals surface area contributed by atoms with Crippen LogP contribution in [0.5, 0.6) is 0 Å². The van der Waals surface area contributed by atoms with Crippen LogP contribution in [0.1, 0.15) is 212 Å². The summed E-state index contributed by atoms with van der Waals surface area (Å²) in [5, 5.41) is 18.9. The number of amides is 7. The molecule has 0 aliphatic heterocycles. The first kappa shape index (κ1) is 76.9. The van der Waals surface area contributed by atoms with Gasteiger partial charge in [-0.1, -0.05) is 31.4 Å². The molecule has 85 heavy (non-hydrogen) atoms. The summed E-state index contributed by atoms with van der Waals surface area (Å²) in [4.78, 5) is 144. The van der Waals surface area contributed by atoms with Crippen molar-refractivity contribution in [3.63, 3.8) is 0 Å². The molecule has 1 aromatic carbocycles. The van der Waals surface area contributed by atoms with Crippen LogP contribution in [0.4, 0.5) is 9.59 Å². The maximum Gasteiger partial charge on any atom is 0.407 e. The minimum Gasteiger partial charge on any atom is -0.460 e. The predicted molar refractivity (Wildman–Crippen MR) is 328 cm³/mol. The van der Waals surface area contributed by atoms with E-state index >= 15 is 0 Å². The maximum atomic E-state index is 14.0. The van der Waals surface area contributed by atoms with E-state index in [1.807, 2.05) is 24.3 Å². The van der Waals surface area contributed by atoms with Crippen molar-refractivity contribution in [3.8, 4) is 0 Å². The van der Waals surface area contributed by atoms with Crippen molar-refractivity contribution in [1.29, 1.82) is 0 Å². The molecule has 1 aromatic rings. The van der Waals surface area contributed by atoms with Crippen LogP contribution < -0.4 is 37.2 Å². The number of ether oxygens (including phenoxy) is 5. The van der Waals surface area contributed by atoms with Gasteiger partial charge in [-0.05, 0) is 208 Å². The van der Waals surface area contributed by atoms with Crippen LogP contribution >= 0.6 is 22.6 Å². The van der Waals surface area contributed by atoms with Crippen molar-refractivity contribution in [1.82, 2.24) is 37.2 Å². The van der Waals surface area contributed by atoms with Gasteiger partial charge >= 0.3 is 36.0 Å². The number of rotatable bonds is 35. The highest BCUT2D eigenvalue weighted by Crippen LogP contribution is 2.17. The number of hydrogen-bond acceptors (Lipinski definition) is 16. The highest BCUT2D eigenvalue weighted by Gasteiger charge is 2.34. The molecule has 7 N–H and O–H groups in total. The summed E-state index contributed by atoms with van der Waals surface area (Å²) in [7, 11) is 0. The van der Waals surface area contributed by atoms with E-state index < -0.39 is 106 Å². The quantitative estimate of drug-likeness (QED) is 0.0112. The zero-order valence-electron chi connectivity index (χ0n) is 53.2. The second-order valence-corrected chi connectivity index (χ2v) is 27.2. The Morgan fingerprint density at radius 1 is 0.412 bits per heavy atom. The first-order valence-electron chi connectivity index (χ1n) is 29.6. The summed E-state index contributed by atoms with van der Waals surface area (Å²) in [6.07, 6.45) is 3.94. The Bertz CT molecular complexity index is 2350. The van der Waals surface area contributed by atoms with Crippen molar-refractivity contribution in [2.75, 3.05) is 19.6 Å². The number of ketones is 1. The van der Waals surface area contributed by atoms with Crippen LogP contribution in [0.25, 0.3) is 0 Å². The van der Waals surface area contributed by atoms with E-state index in [2.05, 4.69) is 59.8 Å². The molecule has 0 saturated heterocycles. The SMILES string of the molecule is CC(C)(C)OC(=O)CC[C@H](NC(=O)N[C@@H](CCC(=O)NCCCCCCCC(=O)N[C@@H](CCCCNC(=O)OC(C)(C)C)C(=O)N[C@@H](CCCCNC(=O)Cc1ccc(I)cc1)C(=O)C(=O)OC(C)(C)C)C(=O)OC(C)(C)C)C(=O)OC(C)(C)C. The summed E-state index contributed by atoms with van der Waals surface area (Å²) in [6, 6.07) is 1.72. The molecule has 24 heteroatoms. The van der Waals surface area contributed by atoms with Crippen LogP contribution in [0.2, 0.25) is 0 Å². The molecular weight excluding hydrogens is 1210 g/mol. The largest absolute Gasteiger partial charge is 0.460 e. The highest BCUT2D eigenvalue weighted by atomic mass is 127. The standard InChI is InChI=1S/C61H100IN7O16/c1-57(2,3)81-49(73)35-33-45(53(77)83-59(7,8)9)69-55(79)68-44(52(76)82-58(4,5)6)32-34-46(70)63-36-22-18-16-17-19-27-47(71)66-43(26-21-24-38-65-56(80)85-61(13,14)15)51(75)67-42(50(74)54(78)84-60(10,11)12)25-20-23-37-64-48(72)39-40-28-30-41(62)31-29-40/h28-31,42-45H,16-27,32-39H2,1-15H3,(H,63,70)(H,64,72)(H,65,80)(H,66,71)(H,67,75)(H2,68,69,79)/t42-,43-,44-,45-/m0/s1. The summed E-state index contributed by atoms with van der Waals surface area (Å²) < 4.78 is 28.1. The lowest BCUT2D eigenvalue weighted by Crippen LogP contribution is -2.53. The average molecular weight is 1310 g/mol. The summed E-state index contributed by atoms with van der Waals surface area (Å²) in [5.41, 5.74) is -3.44. The molecule has 0 aromatic heterocycles. The van der Waals surface area contributed by atoms with Gasteiger partial charge in [0.2, 0.25) is 23.6 Å². The number of alkyl carbamates (subject to hydrolysis) is 1. The fourth-order valence-electron chi connectivity index (χ4n) is 7.87. The molecule has 0 aliphatic carbocycles. The van der Waals surface area contributed by atoms with Crippen molar-refractivity contribution in [3.05, 3.63) is 33.4 Å². The maximum absolute atomic E-state index is 14.0. The Kier molecular flexibility index (Phi) is 33.9. The lowest BCUT2D eigenvalue weighted by Gasteiger charge is -2.27. The van der Waals surface area contributed by atoms with Gasteiger partial charge < -0.3 is 60.9 Å². The number of carbonyl (C=O) groups is 11. The van der Waals surface area contributed by atoms with Crippen LogP contribution in [-0.2, 0) is 73.3 Å². The number of esters is 4. The van der Waals surface area contributed by atoms with Crippen LogP contribution in [-0.4, -0.2) is 137 Å². The molecule has 23 nitrogen and oxygen atoms in total. The molecule has 0 spiro atoms. The van der Waals surface area contributed by atoms with Gasteiger partial charge in [-0.3, -0.25) is 28.8 Å². The molecule has 0 saturated carbocycles. The highest BCUT2D eigenvalue weighted by molar-refractivity contribution is 14.1. The number of nitrogens with one attached hydrogen (secondary N) is 7. The van der Waals surface area contributed by atoms with Crippen molar-refractivity contribution in [2.45, 2.75) is 265 Å². The van der Waals surface area contributed by atoms with Gasteiger partial charge in [-0.2, -0.15) is 0 Å². The van der Waals surface area contributed by atoms with E-state index in [-0.39, 0.29) is 69.7 Å². The number of halogens is 1. The smallest absolute Gasteiger partial charge is 0.407 e. The van der Waals surface area contributed by atoms with E-state index in [1.54, 1.807) is 104 Å². The minimum absolute atomic E-state index is 0.0508. The van der Waals surface area contributed by atoms with E-state index in [0.717, 1.165) is 9.13 Å². The molecule has 482 valence electrons. The summed E-state index contributed by atoms with van der Waals surface area (Å²) in [5.74, 6) is -5.91. The molecule has 0 aliphatic rings. The molecule has 7 amide bonds. The predicted octanol–water partition coefficient (Wildman–Crippen LogP) is 7.77. The second-order valence-electron chi connectivity index (χ2n) is 25.9. The third-order valence-electron chi connectivity index (χ3n) is 11.6. The van der Waals surface area contributed by atoms with Gasteiger partial charge in [0.05, 0.1) is 12.5 Å². The summed E-state index contributed by atoms with van der Waals surface area (Å²) >= 11 is 2.19. The Morgan fingerprint density at radius 2 is 0.859 bits per heavy atom. The van der Waals surface area contributed by atoms with Crippen LogP contribution in [0, 0.1) is 3.57 Å². The first-order valence-corrected chi connectivity index (χ1v) is 30.6. The van der Waals surface area contributed by atoms with Gasteiger partial charge in [0.25, 0.3) is 5.78 Å². The Hall–Kier alpha value is -6.08. The first-order chi connectivity index (χ1) is 39.2. The molecule has 0 unspecified atom stereocenters. The Labute approximate surface area is 517 Å². The normalized spacial score (nSPS) is 13.3. The van der Waals surface area contributed by atoms with E-state index in [0.29, 0.717) is 70.9 Å². The zero-order chi connectivity index (χ0) is 64.8. The molecule has 0 radical (unpaired) electrons. The fourth-order valence-corrected chi connectivity index (χ4v) is 8.23. The van der Waals surface area contributed by atoms with E-state index in [1.165, 1.54) is 0 Å². The fraction of sp³-hybridized carbons (Fsp3) is 0.721. The summed E-state index contributed by atoms with van der Waals surface area (Å²) in [6.45, 7) is 25.9. The van der Waals surface area contributed by atoms with Crippen molar-refractivity contribution >= 4 is 88.0 Å². The third-order valence-corrected chi connectivity index (χ3v) is 12.3. The number of carbonyl (C=O) groups excluding carboxylic acids is 11. The number of Topliss-reactive ketones (excluding diaryl/α,β-unsaturated/α-hetero) is 1. The molecule has 4 atom stereocenters. The number of benzene rings is 1. The molecule has 1 rings (SSSR count). The average Bonchev–Trinajstić information content (AvgIpc) is 3.56. The van der Waals surface area contributed by atoms with Gasteiger partial charge in [-0.15, -0.1) is 0 Å². The van der Waals surface area contributed by atoms with E-state index in [9.17, 15) is 52.7 Å². The zero-order valence-corrected chi connectivity index (χ0v) is 55.3. The van der Waals surface area contributed by atoms with Crippen molar-refractivity contribution < 1.29 is 76.4 Å². The molecule has 0 fully saturated rings. The molecule has 0 heterocycles. The Balaban J connectivity index is 2.92. The monoisotopic (exact) mass is 1310 g/mol. The van der Waals surface area contributed by atoms with Gasteiger partial charge in [0, 0.05) is 42.5 Å². The topological polar surface area (TPSA) is 318 Å². The third kappa shape index (κ3) is 40.0. The van der Waals surface area contributed by atoms with Crippen LogP contribution in [0.3, 0.4) is 0 Å². The van der Waals surface area contributed by atoms with Gasteiger partial charge in [0.15, 0.2) is 0 Å². The van der Waals surface area contributed by atoms with Crippen molar-refractivity contribution in [2.24, 2.45) is 0 Å². The lowest BCUT2D eigenvalue weighted by atomic mass is 10.0. The second kappa shape index (κ2) is 37.5. The lowest BCUT2D eigenvalue weighted by molar-refractivity contribution is -0.163. The van der Waals surface area contributed by atoms with E-state index in [4.69, 9.17) is 23.7 Å². The number of urea groups is 1. The molecular formula is C61H100IN7O16.